The van der Waals surface area contributed by atoms with Crippen LogP contribution in [0.1, 0.15) is 43.7 Å². The third-order valence-corrected chi connectivity index (χ3v) is 4.07. The molecule has 1 atom stereocenters. The van der Waals surface area contributed by atoms with Crippen molar-refractivity contribution in [1.29, 1.82) is 5.26 Å². The van der Waals surface area contributed by atoms with E-state index >= 15 is 0 Å². The standard InChI is InChI=1S/C16H19N3/c17-10-16(19-12-6-2-1-3-7-12)14-11-18-15-9-5-4-8-13(14)15/h4-5,8-9,11-12,16,18-19H,1-3,6-7H2. The molecule has 1 fully saturated rings. The molecule has 1 unspecified atom stereocenters. The average Bonchev–Trinajstić information content (AvgIpc) is 2.90. The molecule has 0 bridgehead atoms. The molecule has 1 aliphatic carbocycles. The first-order valence-corrected chi connectivity index (χ1v) is 7.10. The van der Waals surface area contributed by atoms with Gasteiger partial charge in [0, 0.05) is 28.7 Å². The number of aromatic nitrogens is 1. The van der Waals surface area contributed by atoms with Crippen LogP contribution < -0.4 is 5.32 Å². The Balaban J connectivity index is 1.83. The number of H-pyrrole nitrogens is 1. The fraction of sp³-hybridized carbons (Fsp3) is 0.438. The van der Waals surface area contributed by atoms with Gasteiger partial charge in [0.2, 0.25) is 0 Å². The van der Waals surface area contributed by atoms with Gasteiger partial charge in [-0.2, -0.15) is 5.26 Å². The van der Waals surface area contributed by atoms with E-state index in [4.69, 9.17) is 0 Å². The number of fused-ring (bicyclic) bond motifs is 1. The van der Waals surface area contributed by atoms with Crippen molar-refractivity contribution in [3.63, 3.8) is 0 Å². The van der Waals surface area contributed by atoms with Crippen molar-refractivity contribution in [1.82, 2.24) is 10.3 Å². The zero-order valence-electron chi connectivity index (χ0n) is 11.0. The zero-order valence-corrected chi connectivity index (χ0v) is 11.0. The minimum atomic E-state index is -0.209. The summed E-state index contributed by atoms with van der Waals surface area (Å²) in [5.74, 6) is 0. The number of nitrogens with zero attached hydrogens (tertiary/aromatic N) is 1. The van der Waals surface area contributed by atoms with Gasteiger partial charge in [-0.05, 0) is 18.9 Å². The zero-order chi connectivity index (χ0) is 13.1. The monoisotopic (exact) mass is 253 g/mol. The SMILES string of the molecule is N#CC(NC1CCCCC1)c1c[nH]c2ccccc12. The minimum absolute atomic E-state index is 0.209. The fourth-order valence-corrected chi connectivity index (χ4v) is 3.03. The van der Waals surface area contributed by atoms with Crippen molar-refractivity contribution >= 4 is 10.9 Å². The summed E-state index contributed by atoms with van der Waals surface area (Å²) < 4.78 is 0. The normalized spacial score (nSPS) is 18.3. The Morgan fingerprint density at radius 1 is 1.21 bits per heavy atom. The van der Waals surface area contributed by atoms with E-state index in [1.807, 2.05) is 24.4 Å². The number of para-hydroxylation sites is 1. The van der Waals surface area contributed by atoms with Crippen LogP contribution in [0.5, 0.6) is 0 Å². The first-order valence-electron chi connectivity index (χ1n) is 7.10. The molecule has 0 spiro atoms. The van der Waals surface area contributed by atoms with Gasteiger partial charge in [-0.1, -0.05) is 37.5 Å². The molecule has 19 heavy (non-hydrogen) atoms. The van der Waals surface area contributed by atoms with Gasteiger partial charge in [0.15, 0.2) is 0 Å². The quantitative estimate of drug-likeness (QED) is 0.877. The molecule has 98 valence electrons. The number of aromatic amines is 1. The number of rotatable bonds is 3. The maximum Gasteiger partial charge on any atom is 0.123 e. The molecule has 2 N–H and O–H groups in total. The molecule has 2 aromatic rings. The molecule has 0 aliphatic heterocycles. The summed E-state index contributed by atoms with van der Waals surface area (Å²) in [5.41, 5.74) is 2.17. The molecule has 1 aromatic heterocycles. The summed E-state index contributed by atoms with van der Waals surface area (Å²) in [6.07, 6.45) is 8.26. The Morgan fingerprint density at radius 3 is 2.79 bits per heavy atom. The first kappa shape index (κ1) is 12.3. The van der Waals surface area contributed by atoms with Crippen LogP contribution in [0.2, 0.25) is 0 Å². The second-order valence-corrected chi connectivity index (χ2v) is 5.35. The van der Waals surface area contributed by atoms with E-state index in [9.17, 15) is 5.26 Å². The van der Waals surface area contributed by atoms with Crippen molar-refractivity contribution in [3.05, 3.63) is 36.0 Å². The Kier molecular flexibility index (Phi) is 3.52. The number of nitriles is 1. The van der Waals surface area contributed by atoms with Crippen LogP contribution in [0.15, 0.2) is 30.5 Å². The van der Waals surface area contributed by atoms with Gasteiger partial charge in [-0.25, -0.2) is 0 Å². The topological polar surface area (TPSA) is 51.6 Å². The van der Waals surface area contributed by atoms with Gasteiger partial charge >= 0.3 is 0 Å². The Morgan fingerprint density at radius 2 is 2.00 bits per heavy atom. The predicted octanol–water partition coefficient (Wildman–Crippen LogP) is 3.65. The summed E-state index contributed by atoms with van der Waals surface area (Å²) in [4.78, 5) is 3.25. The number of hydrogen-bond acceptors (Lipinski definition) is 2. The van der Waals surface area contributed by atoms with Crippen LogP contribution in [0, 0.1) is 11.3 Å². The van der Waals surface area contributed by atoms with Gasteiger partial charge in [0.05, 0.1) is 6.07 Å². The van der Waals surface area contributed by atoms with Crippen LogP contribution >= 0.6 is 0 Å². The van der Waals surface area contributed by atoms with Gasteiger partial charge in [0.25, 0.3) is 0 Å². The van der Waals surface area contributed by atoms with Crippen LogP contribution in [-0.4, -0.2) is 11.0 Å². The summed E-state index contributed by atoms with van der Waals surface area (Å²) in [7, 11) is 0. The summed E-state index contributed by atoms with van der Waals surface area (Å²) >= 11 is 0. The first-order chi connectivity index (χ1) is 9.38. The van der Waals surface area contributed by atoms with Crippen LogP contribution in [0.4, 0.5) is 0 Å². The van der Waals surface area contributed by atoms with E-state index in [-0.39, 0.29) is 6.04 Å². The van der Waals surface area contributed by atoms with Gasteiger partial charge in [0.1, 0.15) is 6.04 Å². The van der Waals surface area contributed by atoms with Gasteiger partial charge in [-0.15, -0.1) is 0 Å². The fourth-order valence-electron chi connectivity index (χ4n) is 3.03. The van der Waals surface area contributed by atoms with Crippen molar-refractivity contribution in [3.8, 4) is 6.07 Å². The third-order valence-electron chi connectivity index (χ3n) is 4.07. The van der Waals surface area contributed by atoms with Crippen LogP contribution in [0.25, 0.3) is 10.9 Å². The molecule has 3 nitrogen and oxygen atoms in total. The van der Waals surface area contributed by atoms with E-state index in [2.05, 4.69) is 22.4 Å². The largest absolute Gasteiger partial charge is 0.361 e. The lowest BCUT2D eigenvalue weighted by Gasteiger charge is -2.25. The molecule has 1 aliphatic rings. The molecule has 1 saturated carbocycles. The second kappa shape index (κ2) is 5.46. The lowest BCUT2D eigenvalue weighted by atomic mass is 9.94. The van der Waals surface area contributed by atoms with Crippen molar-refractivity contribution in [2.24, 2.45) is 0 Å². The number of hydrogen-bond donors (Lipinski definition) is 2. The van der Waals surface area contributed by atoms with Crippen LogP contribution in [-0.2, 0) is 0 Å². The summed E-state index contributed by atoms with van der Waals surface area (Å²) in [6.45, 7) is 0. The minimum Gasteiger partial charge on any atom is -0.361 e. The number of nitrogens with one attached hydrogen (secondary N) is 2. The smallest absolute Gasteiger partial charge is 0.123 e. The van der Waals surface area contributed by atoms with E-state index in [0.29, 0.717) is 6.04 Å². The van der Waals surface area contributed by atoms with Crippen molar-refractivity contribution in [2.45, 2.75) is 44.2 Å². The Bertz CT molecular complexity index is 587. The molecule has 1 aromatic carbocycles. The lowest BCUT2D eigenvalue weighted by molar-refractivity contribution is 0.360. The highest BCUT2D eigenvalue weighted by Gasteiger charge is 2.20. The third kappa shape index (κ3) is 2.50. The van der Waals surface area contributed by atoms with E-state index in [1.165, 1.54) is 32.1 Å². The molecular weight excluding hydrogens is 234 g/mol. The second-order valence-electron chi connectivity index (χ2n) is 5.35. The highest BCUT2D eigenvalue weighted by atomic mass is 15.0. The molecule has 0 amide bonds. The average molecular weight is 253 g/mol. The van der Waals surface area contributed by atoms with Crippen molar-refractivity contribution in [2.75, 3.05) is 0 Å². The van der Waals surface area contributed by atoms with Crippen LogP contribution in [0.3, 0.4) is 0 Å². The molecule has 3 heteroatoms. The molecule has 0 radical (unpaired) electrons. The summed E-state index contributed by atoms with van der Waals surface area (Å²) in [6, 6.07) is 10.9. The molecular formula is C16H19N3. The molecule has 0 saturated heterocycles. The van der Waals surface area contributed by atoms with E-state index in [0.717, 1.165) is 16.5 Å². The summed E-state index contributed by atoms with van der Waals surface area (Å²) in [5, 5.41) is 14.1. The van der Waals surface area contributed by atoms with Crippen molar-refractivity contribution < 1.29 is 0 Å². The van der Waals surface area contributed by atoms with Gasteiger partial charge in [-0.3, -0.25) is 5.32 Å². The predicted molar refractivity (Wildman–Crippen MR) is 76.7 cm³/mol. The Labute approximate surface area is 113 Å². The maximum atomic E-state index is 9.46. The Hall–Kier alpha value is -1.79. The highest BCUT2D eigenvalue weighted by Crippen LogP contribution is 2.26. The van der Waals surface area contributed by atoms with Gasteiger partial charge < -0.3 is 4.98 Å². The molecule has 1 heterocycles. The molecule has 3 rings (SSSR count). The number of benzene rings is 1. The highest BCUT2D eigenvalue weighted by molar-refractivity contribution is 5.83. The van der Waals surface area contributed by atoms with E-state index in [1.54, 1.807) is 0 Å². The van der Waals surface area contributed by atoms with E-state index < -0.39 is 0 Å². The maximum absolute atomic E-state index is 9.46. The lowest BCUT2D eigenvalue weighted by Crippen LogP contribution is -2.33.